The molecule has 1 heterocycles. The first-order valence-corrected chi connectivity index (χ1v) is 9.57. The highest BCUT2D eigenvalue weighted by molar-refractivity contribution is 5.99. The molecular weight excluding hydrogens is 316 g/mol. The molecular formula is C20H30N2O3. The Balaban J connectivity index is 1.49. The molecule has 0 bridgehead atoms. The lowest BCUT2D eigenvalue weighted by atomic mass is 9.88. The average Bonchev–Trinajstić information content (AvgIpc) is 2.67. The SMILES string of the molecule is C[C@H]1CCCC[C@H]1OCCNC(=O)c1ccccc1N1CCOCC1. The van der Waals surface area contributed by atoms with Crippen molar-refractivity contribution in [3.63, 3.8) is 0 Å². The molecule has 1 amide bonds. The molecule has 0 spiro atoms. The minimum absolute atomic E-state index is 0.0256. The highest BCUT2D eigenvalue weighted by atomic mass is 16.5. The molecule has 1 aliphatic heterocycles. The van der Waals surface area contributed by atoms with Gasteiger partial charge in [-0.1, -0.05) is 31.9 Å². The molecule has 1 N–H and O–H groups in total. The Morgan fingerprint density at radius 3 is 2.80 bits per heavy atom. The Bertz CT molecular complexity index is 558. The minimum atomic E-state index is -0.0256. The summed E-state index contributed by atoms with van der Waals surface area (Å²) >= 11 is 0. The number of benzene rings is 1. The van der Waals surface area contributed by atoms with Gasteiger partial charge in [0.2, 0.25) is 0 Å². The lowest BCUT2D eigenvalue weighted by Crippen LogP contribution is -2.38. The van der Waals surface area contributed by atoms with Crippen molar-refractivity contribution < 1.29 is 14.3 Å². The number of nitrogens with zero attached hydrogens (tertiary/aromatic N) is 1. The molecule has 0 unspecified atom stereocenters. The van der Waals surface area contributed by atoms with Crippen molar-refractivity contribution in [1.82, 2.24) is 5.32 Å². The van der Waals surface area contributed by atoms with Gasteiger partial charge in [-0.3, -0.25) is 4.79 Å². The van der Waals surface area contributed by atoms with Gasteiger partial charge in [0.1, 0.15) is 0 Å². The molecule has 1 saturated carbocycles. The third-order valence-corrected chi connectivity index (χ3v) is 5.25. The fraction of sp³-hybridized carbons (Fsp3) is 0.650. The molecule has 5 nitrogen and oxygen atoms in total. The predicted molar refractivity (Wildman–Crippen MR) is 99.2 cm³/mol. The van der Waals surface area contributed by atoms with Crippen LogP contribution < -0.4 is 10.2 Å². The largest absolute Gasteiger partial charge is 0.378 e. The van der Waals surface area contributed by atoms with Crippen LogP contribution in [-0.4, -0.2) is 51.5 Å². The van der Waals surface area contributed by atoms with Crippen molar-refractivity contribution in [3.8, 4) is 0 Å². The molecule has 1 aliphatic carbocycles. The molecule has 2 aliphatic rings. The number of rotatable bonds is 6. The van der Waals surface area contributed by atoms with Gasteiger partial charge in [0.05, 0.1) is 31.5 Å². The van der Waals surface area contributed by atoms with E-state index in [4.69, 9.17) is 9.47 Å². The second-order valence-electron chi connectivity index (χ2n) is 7.04. The van der Waals surface area contributed by atoms with Crippen molar-refractivity contribution in [2.75, 3.05) is 44.4 Å². The van der Waals surface area contributed by atoms with E-state index >= 15 is 0 Å². The molecule has 25 heavy (non-hydrogen) atoms. The lowest BCUT2D eigenvalue weighted by molar-refractivity contribution is -0.00293. The van der Waals surface area contributed by atoms with Crippen LogP contribution in [0.25, 0.3) is 0 Å². The maximum atomic E-state index is 12.6. The zero-order chi connectivity index (χ0) is 17.5. The van der Waals surface area contributed by atoms with E-state index in [9.17, 15) is 4.79 Å². The number of amides is 1. The van der Waals surface area contributed by atoms with Crippen LogP contribution in [0.3, 0.4) is 0 Å². The molecule has 1 saturated heterocycles. The van der Waals surface area contributed by atoms with Crippen molar-refractivity contribution in [2.24, 2.45) is 5.92 Å². The molecule has 0 radical (unpaired) electrons. The number of nitrogens with one attached hydrogen (secondary N) is 1. The molecule has 1 aromatic rings. The van der Waals surface area contributed by atoms with Crippen molar-refractivity contribution in [1.29, 1.82) is 0 Å². The van der Waals surface area contributed by atoms with E-state index in [0.29, 0.717) is 38.4 Å². The second-order valence-corrected chi connectivity index (χ2v) is 7.04. The molecule has 2 fully saturated rings. The maximum Gasteiger partial charge on any atom is 0.253 e. The van der Waals surface area contributed by atoms with E-state index in [1.807, 2.05) is 24.3 Å². The minimum Gasteiger partial charge on any atom is -0.378 e. The van der Waals surface area contributed by atoms with Crippen LogP contribution in [0.15, 0.2) is 24.3 Å². The van der Waals surface area contributed by atoms with E-state index in [1.165, 1.54) is 19.3 Å². The van der Waals surface area contributed by atoms with Gasteiger partial charge in [0, 0.05) is 25.3 Å². The first-order chi connectivity index (χ1) is 12.3. The van der Waals surface area contributed by atoms with Crippen molar-refractivity contribution >= 4 is 11.6 Å². The maximum absolute atomic E-state index is 12.6. The van der Waals surface area contributed by atoms with Gasteiger partial charge >= 0.3 is 0 Å². The van der Waals surface area contributed by atoms with Gasteiger partial charge in [-0.25, -0.2) is 0 Å². The molecule has 3 rings (SSSR count). The summed E-state index contributed by atoms with van der Waals surface area (Å²) in [5.41, 5.74) is 1.72. The number of carbonyl (C=O) groups excluding carboxylic acids is 1. The Morgan fingerprint density at radius 2 is 2.00 bits per heavy atom. The number of anilines is 1. The summed E-state index contributed by atoms with van der Waals surface area (Å²) in [4.78, 5) is 14.8. The topological polar surface area (TPSA) is 50.8 Å². The third-order valence-electron chi connectivity index (χ3n) is 5.25. The monoisotopic (exact) mass is 346 g/mol. The highest BCUT2D eigenvalue weighted by Gasteiger charge is 2.22. The Labute approximate surface area is 150 Å². The first-order valence-electron chi connectivity index (χ1n) is 9.57. The van der Waals surface area contributed by atoms with E-state index < -0.39 is 0 Å². The number of morpholine rings is 1. The van der Waals surface area contributed by atoms with Crippen LogP contribution in [0.4, 0.5) is 5.69 Å². The van der Waals surface area contributed by atoms with E-state index in [-0.39, 0.29) is 5.91 Å². The van der Waals surface area contributed by atoms with Crippen molar-refractivity contribution in [2.45, 2.75) is 38.7 Å². The van der Waals surface area contributed by atoms with Gasteiger partial charge in [-0.2, -0.15) is 0 Å². The Kier molecular flexibility index (Phi) is 6.70. The predicted octanol–water partition coefficient (Wildman–Crippen LogP) is 2.85. The summed E-state index contributed by atoms with van der Waals surface area (Å²) in [6.07, 6.45) is 5.33. The van der Waals surface area contributed by atoms with E-state index in [1.54, 1.807) is 0 Å². The number of hydrogen-bond donors (Lipinski definition) is 1. The van der Waals surface area contributed by atoms with Crippen molar-refractivity contribution in [3.05, 3.63) is 29.8 Å². The number of para-hydroxylation sites is 1. The summed E-state index contributed by atoms with van der Waals surface area (Å²) in [6, 6.07) is 7.80. The fourth-order valence-corrected chi connectivity index (χ4v) is 3.75. The summed E-state index contributed by atoms with van der Waals surface area (Å²) in [7, 11) is 0. The zero-order valence-electron chi connectivity index (χ0n) is 15.2. The summed E-state index contributed by atoms with van der Waals surface area (Å²) in [5, 5.41) is 3.01. The van der Waals surface area contributed by atoms with Crippen LogP contribution >= 0.6 is 0 Å². The van der Waals surface area contributed by atoms with Gasteiger partial charge in [0.25, 0.3) is 5.91 Å². The van der Waals surface area contributed by atoms with Gasteiger partial charge in [-0.15, -0.1) is 0 Å². The quantitative estimate of drug-likeness (QED) is 0.805. The fourth-order valence-electron chi connectivity index (χ4n) is 3.75. The molecule has 2 atom stereocenters. The molecule has 0 aromatic heterocycles. The standard InChI is InChI=1S/C20H30N2O3/c1-16-6-2-5-9-19(16)25-13-10-21-20(23)17-7-3-4-8-18(17)22-11-14-24-15-12-22/h3-4,7-8,16,19H,2,5-6,9-15H2,1H3,(H,21,23)/t16-,19+/m0/s1. The van der Waals surface area contributed by atoms with E-state index in [2.05, 4.69) is 17.1 Å². The highest BCUT2D eigenvalue weighted by Crippen LogP contribution is 2.26. The van der Waals surface area contributed by atoms with Gasteiger partial charge in [-0.05, 0) is 30.9 Å². The van der Waals surface area contributed by atoms with Crippen LogP contribution in [0.2, 0.25) is 0 Å². The van der Waals surface area contributed by atoms with Crippen LogP contribution in [0.1, 0.15) is 43.0 Å². The molecule has 5 heteroatoms. The molecule has 1 aromatic carbocycles. The van der Waals surface area contributed by atoms with Crippen LogP contribution in [0.5, 0.6) is 0 Å². The summed E-state index contributed by atoms with van der Waals surface area (Å²) < 4.78 is 11.4. The lowest BCUT2D eigenvalue weighted by Gasteiger charge is -2.30. The number of hydrogen-bond acceptors (Lipinski definition) is 4. The molecule has 138 valence electrons. The average molecular weight is 346 g/mol. The normalized spacial score (nSPS) is 24.1. The van der Waals surface area contributed by atoms with Crippen LogP contribution in [-0.2, 0) is 9.47 Å². The Hall–Kier alpha value is -1.59. The summed E-state index contributed by atoms with van der Waals surface area (Å²) in [5.74, 6) is 0.605. The van der Waals surface area contributed by atoms with Gasteiger partial charge in [0.15, 0.2) is 0 Å². The second kappa shape index (κ2) is 9.20. The number of carbonyl (C=O) groups is 1. The van der Waals surface area contributed by atoms with Crippen LogP contribution in [0, 0.1) is 5.92 Å². The smallest absolute Gasteiger partial charge is 0.253 e. The zero-order valence-corrected chi connectivity index (χ0v) is 15.2. The van der Waals surface area contributed by atoms with Gasteiger partial charge < -0.3 is 19.7 Å². The third kappa shape index (κ3) is 4.95. The van der Waals surface area contributed by atoms with E-state index in [0.717, 1.165) is 30.8 Å². The Morgan fingerprint density at radius 1 is 1.24 bits per heavy atom. The number of ether oxygens (including phenoxy) is 2. The first kappa shape index (κ1) is 18.2. The summed E-state index contributed by atoms with van der Waals surface area (Å²) in [6.45, 7) is 6.48.